The standard InChI is InChI=1S/C10H19O.2C4H9.Al/c1-7(2)9-5-4-8(3)6-10(9)11;2*1-4(2)3;/h7-10H,4-6H2,1-3H3;2*4H,1H2,2-3H3;/q-1;;;+1. The third kappa shape index (κ3) is 6.51. The Hall–Kier alpha value is 0.492. The zero-order chi connectivity index (χ0) is 15.3. The number of hydrogen-bond donors (Lipinski definition) is 0. The summed E-state index contributed by atoms with van der Waals surface area (Å²) in [5.74, 6) is 4.04. The smallest absolute Gasteiger partial charge is 0.461 e. The number of rotatable bonds is 7. The van der Waals surface area contributed by atoms with Gasteiger partial charge in [-0.15, -0.1) is 0 Å². The molecule has 0 saturated heterocycles. The molecule has 0 spiro atoms. The third-order valence-corrected chi connectivity index (χ3v) is 8.47. The maximum absolute atomic E-state index is 6.80. The van der Waals surface area contributed by atoms with Gasteiger partial charge in [-0.25, -0.2) is 0 Å². The molecule has 0 amide bonds. The molecule has 118 valence electrons. The average molecular weight is 296 g/mol. The highest BCUT2D eigenvalue weighted by Crippen LogP contribution is 2.36. The Balaban J connectivity index is 2.66. The van der Waals surface area contributed by atoms with Crippen LogP contribution in [0.1, 0.15) is 67.7 Å². The van der Waals surface area contributed by atoms with E-state index in [4.69, 9.17) is 3.79 Å². The van der Waals surface area contributed by atoms with E-state index in [2.05, 4.69) is 48.5 Å². The predicted molar refractivity (Wildman–Crippen MR) is 91.3 cm³/mol. The minimum Gasteiger partial charge on any atom is -0.498 e. The molecule has 0 aromatic heterocycles. The van der Waals surface area contributed by atoms with Crippen LogP contribution in [0.4, 0.5) is 0 Å². The molecule has 0 N–H and O–H groups in total. The summed E-state index contributed by atoms with van der Waals surface area (Å²) in [6.45, 7) is 16.6. The SMILES string of the molecule is CC(C)[CH2][Al]([CH2]C(C)C)[O]C1CC(C)CCC1C(C)C. The van der Waals surface area contributed by atoms with Crippen LogP contribution < -0.4 is 0 Å². The summed E-state index contributed by atoms with van der Waals surface area (Å²) in [6.07, 6.45) is 4.66. The largest absolute Gasteiger partial charge is 0.498 e. The van der Waals surface area contributed by atoms with E-state index in [-0.39, 0.29) is 0 Å². The van der Waals surface area contributed by atoms with Crippen LogP contribution >= 0.6 is 0 Å². The first kappa shape index (κ1) is 18.5. The highest BCUT2D eigenvalue weighted by molar-refractivity contribution is 6.52. The van der Waals surface area contributed by atoms with E-state index in [1.807, 2.05) is 0 Å². The highest BCUT2D eigenvalue weighted by atomic mass is 27.2. The van der Waals surface area contributed by atoms with Crippen LogP contribution in [-0.2, 0) is 3.79 Å². The van der Waals surface area contributed by atoms with Crippen molar-refractivity contribution in [2.45, 2.75) is 84.4 Å². The monoisotopic (exact) mass is 296 g/mol. The van der Waals surface area contributed by atoms with Crippen molar-refractivity contribution < 1.29 is 3.79 Å². The molecule has 2 heteroatoms. The first-order valence-corrected chi connectivity index (χ1v) is 11.0. The maximum atomic E-state index is 6.80. The molecule has 1 aliphatic carbocycles. The van der Waals surface area contributed by atoms with Gasteiger partial charge in [0.05, 0.1) is 0 Å². The van der Waals surface area contributed by atoms with Gasteiger partial charge < -0.3 is 3.79 Å². The first-order chi connectivity index (χ1) is 9.29. The van der Waals surface area contributed by atoms with Crippen LogP contribution in [0.25, 0.3) is 0 Å². The minimum absolute atomic E-state index is 0.563. The molecular weight excluding hydrogens is 259 g/mol. The van der Waals surface area contributed by atoms with E-state index in [0.717, 1.165) is 29.6 Å². The van der Waals surface area contributed by atoms with E-state index in [9.17, 15) is 0 Å². The van der Waals surface area contributed by atoms with E-state index in [0.29, 0.717) is 6.10 Å². The Morgan fingerprint density at radius 1 is 0.950 bits per heavy atom. The van der Waals surface area contributed by atoms with Gasteiger partial charge in [0, 0.05) is 6.10 Å². The molecular formula is C18H37AlO. The van der Waals surface area contributed by atoms with Gasteiger partial charge in [0.2, 0.25) is 0 Å². The lowest BCUT2D eigenvalue weighted by Gasteiger charge is -2.40. The highest BCUT2D eigenvalue weighted by Gasteiger charge is 2.35. The summed E-state index contributed by atoms with van der Waals surface area (Å²) in [5, 5.41) is 2.71. The molecule has 0 aromatic rings. The molecule has 20 heavy (non-hydrogen) atoms. The second-order valence-corrected chi connectivity index (χ2v) is 10.8. The lowest BCUT2D eigenvalue weighted by atomic mass is 9.75. The number of hydrogen-bond acceptors (Lipinski definition) is 1. The zero-order valence-electron chi connectivity index (χ0n) is 15.0. The van der Waals surface area contributed by atoms with Gasteiger partial charge in [0.25, 0.3) is 0 Å². The van der Waals surface area contributed by atoms with Gasteiger partial charge in [-0.05, 0) is 30.6 Å². The van der Waals surface area contributed by atoms with Gasteiger partial charge in [-0.1, -0.05) is 77.3 Å². The lowest BCUT2D eigenvalue weighted by molar-refractivity contribution is 0.0423. The molecule has 0 aliphatic heterocycles. The minimum atomic E-state index is -1.03. The second kappa shape index (κ2) is 8.82. The van der Waals surface area contributed by atoms with Crippen LogP contribution in [0.2, 0.25) is 10.6 Å². The van der Waals surface area contributed by atoms with Crippen molar-refractivity contribution in [1.29, 1.82) is 0 Å². The average Bonchev–Trinajstić information content (AvgIpc) is 2.26. The van der Waals surface area contributed by atoms with Gasteiger partial charge in [-0.3, -0.25) is 0 Å². The van der Waals surface area contributed by atoms with E-state index >= 15 is 0 Å². The first-order valence-electron chi connectivity index (χ1n) is 8.95. The predicted octanol–water partition coefficient (Wildman–Crippen LogP) is 5.77. The Morgan fingerprint density at radius 2 is 1.50 bits per heavy atom. The Labute approximate surface area is 132 Å². The second-order valence-electron chi connectivity index (χ2n) is 8.38. The maximum Gasteiger partial charge on any atom is 0.461 e. The fourth-order valence-electron chi connectivity index (χ4n) is 3.78. The lowest BCUT2D eigenvalue weighted by Crippen LogP contribution is -2.39. The van der Waals surface area contributed by atoms with Crippen LogP contribution in [0.5, 0.6) is 0 Å². The summed E-state index contributed by atoms with van der Waals surface area (Å²) in [7, 11) is 0. The molecule has 0 bridgehead atoms. The quantitative estimate of drug-likeness (QED) is 0.542. The van der Waals surface area contributed by atoms with Crippen molar-refractivity contribution >= 4 is 14.5 Å². The fraction of sp³-hybridized carbons (Fsp3) is 1.00. The van der Waals surface area contributed by atoms with Crippen LogP contribution in [0, 0.1) is 29.6 Å². The van der Waals surface area contributed by atoms with Crippen LogP contribution in [0.3, 0.4) is 0 Å². The molecule has 0 aromatic carbocycles. The van der Waals surface area contributed by atoms with Crippen molar-refractivity contribution in [2.24, 2.45) is 29.6 Å². The van der Waals surface area contributed by atoms with Gasteiger partial charge in [0.15, 0.2) is 0 Å². The summed E-state index contributed by atoms with van der Waals surface area (Å²) in [6, 6.07) is 0. The van der Waals surface area contributed by atoms with E-state index in [1.165, 1.54) is 29.8 Å². The molecule has 3 atom stereocenters. The third-order valence-electron chi connectivity index (χ3n) is 4.80. The summed E-state index contributed by atoms with van der Waals surface area (Å²) >= 11 is -1.03. The van der Waals surface area contributed by atoms with Gasteiger partial charge in [0.1, 0.15) is 0 Å². The Morgan fingerprint density at radius 3 is 1.95 bits per heavy atom. The molecule has 3 unspecified atom stereocenters. The Kier molecular flexibility index (Phi) is 8.18. The molecule has 0 heterocycles. The molecule has 1 nitrogen and oxygen atoms in total. The molecule has 1 fully saturated rings. The fourth-order valence-corrected chi connectivity index (χ4v) is 7.10. The van der Waals surface area contributed by atoms with Crippen molar-refractivity contribution in [2.75, 3.05) is 0 Å². The molecule has 1 saturated carbocycles. The van der Waals surface area contributed by atoms with Crippen molar-refractivity contribution in [3.05, 3.63) is 0 Å². The summed E-state index contributed by atoms with van der Waals surface area (Å²) in [4.78, 5) is 0. The van der Waals surface area contributed by atoms with Crippen molar-refractivity contribution in [3.8, 4) is 0 Å². The summed E-state index contributed by atoms with van der Waals surface area (Å²) < 4.78 is 6.80. The summed E-state index contributed by atoms with van der Waals surface area (Å²) in [5.41, 5.74) is 0. The van der Waals surface area contributed by atoms with E-state index in [1.54, 1.807) is 0 Å². The normalized spacial score (nSPS) is 27.6. The van der Waals surface area contributed by atoms with Crippen molar-refractivity contribution in [1.82, 2.24) is 0 Å². The van der Waals surface area contributed by atoms with Crippen LogP contribution in [-0.4, -0.2) is 20.6 Å². The van der Waals surface area contributed by atoms with Gasteiger partial charge in [-0.2, -0.15) is 0 Å². The molecule has 0 radical (unpaired) electrons. The van der Waals surface area contributed by atoms with Crippen molar-refractivity contribution in [3.63, 3.8) is 0 Å². The van der Waals surface area contributed by atoms with E-state index < -0.39 is 14.5 Å². The van der Waals surface area contributed by atoms with Crippen LogP contribution in [0.15, 0.2) is 0 Å². The van der Waals surface area contributed by atoms with Gasteiger partial charge >= 0.3 is 14.5 Å². The Bertz CT molecular complexity index is 252. The molecule has 1 aliphatic rings. The zero-order valence-corrected chi connectivity index (χ0v) is 16.1. The topological polar surface area (TPSA) is 9.23 Å². The molecule has 1 rings (SSSR count).